The summed E-state index contributed by atoms with van der Waals surface area (Å²) in [6.45, 7) is 1.01. The topological polar surface area (TPSA) is 158 Å². The third-order valence-electron chi connectivity index (χ3n) is 1.83. The Hall–Kier alpha value is -1.23. The van der Waals surface area contributed by atoms with Crippen molar-refractivity contribution in [1.82, 2.24) is 0 Å². The number of esters is 2. The van der Waals surface area contributed by atoms with E-state index in [1.54, 1.807) is 0 Å². The van der Waals surface area contributed by atoms with Crippen LogP contribution in [0.1, 0.15) is 19.8 Å². The zero-order valence-corrected chi connectivity index (χ0v) is 9.32. The number of rotatable bonds is 6. The maximum absolute atomic E-state index is 11.1. The number of carboxylic acid groups (broad SMARTS) is 2. The van der Waals surface area contributed by atoms with Crippen molar-refractivity contribution in [2.45, 2.75) is 31.5 Å². The summed E-state index contributed by atoms with van der Waals surface area (Å²) in [4.78, 5) is 42.9. The van der Waals surface area contributed by atoms with Crippen LogP contribution in [0.15, 0.2) is 0 Å². The molecule has 2 unspecified atom stereocenters. The van der Waals surface area contributed by atoms with Crippen LogP contribution in [0.5, 0.6) is 0 Å². The average molecular weight is 291 g/mol. The molecule has 0 rings (SSSR count). The number of aliphatic carboxylic acids is 2. The van der Waals surface area contributed by atoms with Crippen LogP contribution in [-0.2, 0) is 23.9 Å². The second-order valence-corrected chi connectivity index (χ2v) is 3.55. The van der Waals surface area contributed by atoms with E-state index in [9.17, 15) is 24.3 Å². The van der Waals surface area contributed by atoms with E-state index in [2.05, 4.69) is 4.74 Å². The third-order valence-corrected chi connectivity index (χ3v) is 1.83. The molecule has 0 radical (unpaired) electrons. The van der Waals surface area contributed by atoms with Crippen molar-refractivity contribution in [2.24, 2.45) is 0 Å². The number of aliphatic hydroxyl groups is 2. The Morgan fingerprint density at radius 3 is 1.95 bits per heavy atom. The van der Waals surface area contributed by atoms with Crippen LogP contribution >= 0.6 is 0 Å². The molecule has 0 aromatic rings. The number of hydrogen-bond donors (Lipinski definition) is 4. The van der Waals surface area contributed by atoms with Gasteiger partial charge in [-0.2, -0.15) is 0 Å². The minimum Gasteiger partial charge on any atom is -0.481 e. The molecule has 4 N–H and O–H groups in total. The molecule has 0 spiro atoms. The van der Waals surface area contributed by atoms with Gasteiger partial charge in [-0.3, -0.25) is 9.59 Å². The lowest BCUT2D eigenvalue weighted by Crippen LogP contribution is -2.43. The van der Waals surface area contributed by atoms with E-state index in [0.717, 1.165) is 6.92 Å². The lowest BCUT2D eigenvalue weighted by atomic mass is 9.96. The van der Waals surface area contributed by atoms with Gasteiger partial charge in [0, 0.05) is 0 Å². The summed E-state index contributed by atoms with van der Waals surface area (Å²) in [5.41, 5.74) is -2.87. The molecule has 2 atom stereocenters. The normalized spacial score (nSPS) is 14.5. The van der Waals surface area contributed by atoms with Gasteiger partial charge in [-0.05, 0) is 6.92 Å². The van der Waals surface area contributed by atoms with E-state index in [4.69, 9.17) is 15.3 Å². The van der Waals surface area contributed by atoms with Crippen LogP contribution in [0, 0.1) is 0 Å². The zero-order chi connectivity index (χ0) is 14.5. The molecule has 0 aromatic carbocycles. The Morgan fingerprint density at radius 1 is 1.16 bits per heavy atom. The number of aliphatic hydroxyl groups excluding tert-OH is 1. The molecule has 0 heterocycles. The summed E-state index contributed by atoms with van der Waals surface area (Å²) in [7, 11) is 0. The summed E-state index contributed by atoms with van der Waals surface area (Å²) in [5.74, 6) is -6.36. The SMILES string of the molecule is CC(O)C(=O)OC(=O)CC(O)(CC(=O)O)C(=O)O.[MgH2]. The molecule has 0 saturated carbocycles. The number of hydrogen-bond acceptors (Lipinski definition) is 7. The molecule has 106 valence electrons. The fraction of sp³-hybridized carbons (Fsp3) is 0.556. The van der Waals surface area contributed by atoms with Gasteiger partial charge in [0.15, 0.2) is 5.60 Å². The Morgan fingerprint density at radius 2 is 1.63 bits per heavy atom. The second-order valence-electron chi connectivity index (χ2n) is 3.55. The van der Waals surface area contributed by atoms with Crippen LogP contribution in [0.4, 0.5) is 0 Å². The van der Waals surface area contributed by atoms with Crippen molar-refractivity contribution in [3.05, 3.63) is 0 Å². The highest BCUT2D eigenvalue weighted by Crippen LogP contribution is 2.17. The first kappa shape index (κ1) is 20.1. The van der Waals surface area contributed by atoms with E-state index in [-0.39, 0.29) is 23.1 Å². The van der Waals surface area contributed by atoms with Crippen molar-refractivity contribution in [2.75, 3.05) is 0 Å². The first-order valence-electron chi connectivity index (χ1n) is 4.68. The van der Waals surface area contributed by atoms with Crippen LogP contribution in [0.3, 0.4) is 0 Å². The molecule has 0 amide bonds. The van der Waals surface area contributed by atoms with E-state index >= 15 is 0 Å². The van der Waals surface area contributed by atoms with Crippen LogP contribution in [-0.4, -0.2) is 79.1 Å². The van der Waals surface area contributed by atoms with Gasteiger partial charge in [-0.1, -0.05) is 0 Å². The lowest BCUT2D eigenvalue weighted by molar-refractivity contribution is -0.176. The predicted molar refractivity (Wildman–Crippen MR) is 60.8 cm³/mol. The highest BCUT2D eigenvalue weighted by Gasteiger charge is 2.42. The quantitative estimate of drug-likeness (QED) is 0.230. The largest absolute Gasteiger partial charge is 0.481 e. The van der Waals surface area contributed by atoms with E-state index < -0.39 is 48.4 Å². The maximum atomic E-state index is 11.1. The molecule has 10 heteroatoms. The molecule has 0 aliphatic heterocycles. The summed E-state index contributed by atoms with van der Waals surface area (Å²) >= 11 is 0. The molecule has 0 aromatic heterocycles. The molecule has 9 nitrogen and oxygen atoms in total. The smallest absolute Gasteiger partial charge is 0.342 e. The number of carbonyl (C=O) groups excluding carboxylic acids is 2. The van der Waals surface area contributed by atoms with Gasteiger partial charge in [0.05, 0.1) is 12.8 Å². The first-order valence-corrected chi connectivity index (χ1v) is 4.68. The minimum atomic E-state index is -2.87. The number of carbonyl (C=O) groups is 4. The molecule has 0 fully saturated rings. The molecule has 19 heavy (non-hydrogen) atoms. The van der Waals surface area contributed by atoms with Crippen molar-refractivity contribution in [3.8, 4) is 0 Å². The fourth-order valence-corrected chi connectivity index (χ4v) is 0.936. The van der Waals surface area contributed by atoms with Crippen molar-refractivity contribution in [1.29, 1.82) is 0 Å². The summed E-state index contributed by atoms with van der Waals surface area (Å²) < 4.78 is 4.00. The lowest BCUT2D eigenvalue weighted by Gasteiger charge is -2.19. The summed E-state index contributed by atoms with van der Waals surface area (Å²) in [6, 6.07) is 0. The van der Waals surface area contributed by atoms with Gasteiger partial charge >= 0.3 is 46.9 Å². The van der Waals surface area contributed by atoms with Crippen molar-refractivity contribution in [3.63, 3.8) is 0 Å². The standard InChI is InChI=1S/C9H12O9.Mg.2H/c1-4(10)7(14)18-6(13)3-9(17,8(15)16)2-5(11)12;;;/h4,10,17H,2-3H2,1H3,(H,11,12)(H,15,16);;;. The van der Waals surface area contributed by atoms with Gasteiger partial charge in [0.2, 0.25) is 0 Å². The molecule has 0 bridgehead atoms. The molecule has 0 aliphatic rings. The van der Waals surface area contributed by atoms with Crippen molar-refractivity contribution >= 4 is 46.9 Å². The zero-order valence-electron chi connectivity index (χ0n) is 9.32. The number of ether oxygens (including phenoxy) is 1. The maximum Gasteiger partial charge on any atom is 0.342 e. The molecule has 0 saturated heterocycles. The monoisotopic (exact) mass is 290 g/mol. The van der Waals surface area contributed by atoms with E-state index in [1.165, 1.54) is 0 Å². The fourth-order valence-electron chi connectivity index (χ4n) is 0.936. The van der Waals surface area contributed by atoms with Gasteiger partial charge in [-0.25, -0.2) is 9.59 Å². The van der Waals surface area contributed by atoms with E-state index in [1.807, 2.05) is 0 Å². The molecule has 0 aliphatic carbocycles. The Balaban J connectivity index is 0. The number of carboxylic acids is 2. The van der Waals surface area contributed by atoms with Crippen LogP contribution < -0.4 is 0 Å². The van der Waals surface area contributed by atoms with E-state index in [0.29, 0.717) is 0 Å². The molecular formula is C9H14MgO9. The van der Waals surface area contributed by atoms with Crippen LogP contribution in [0.25, 0.3) is 0 Å². The Labute approximate surface area is 123 Å². The van der Waals surface area contributed by atoms with Gasteiger partial charge in [0.1, 0.15) is 6.10 Å². The molecular weight excluding hydrogens is 276 g/mol. The average Bonchev–Trinajstić information content (AvgIpc) is 2.14. The van der Waals surface area contributed by atoms with Gasteiger partial charge < -0.3 is 25.2 Å². The summed E-state index contributed by atoms with van der Waals surface area (Å²) in [6.07, 6.45) is -4.07. The van der Waals surface area contributed by atoms with Crippen LogP contribution in [0.2, 0.25) is 0 Å². The third kappa shape index (κ3) is 7.05. The van der Waals surface area contributed by atoms with Crippen molar-refractivity contribution < 1.29 is 44.3 Å². The van der Waals surface area contributed by atoms with Gasteiger partial charge in [-0.15, -0.1) is 0 Å². The Bertz CT molecular complexity index is 378. The Kier molecular flexibility index (Phi) is 8.50. The minimum absolute atomic E-state index is 0. The highest BCUT2D eigenvalue weighted by molar-refractivity contribution is 5.92. The predicted octanol–water partition coefficient (Wildman–Crippen LogP) is -2.80. The highest BCUT2D eigenvalue weighted by atomic mass is 24.3. The second kappa shape index (κ2) is 8.04. The van der Waals surface area contributed by atoms with Gasteiger partial charge in [0.25, 0.3) is 0 Å². The first-order chi connectivity index (χ1) is 8.08. The summed E-state index contributed by atoms with van der Waals surface area (Å²) in [5, 5.41) is 35.2.